The number of hydrogen-bond donors (Lipinski definition) is 1. The number of ether oxygens (including phenoxy) is 1. The molecule has 88 valence electrons. The highest BCUT2D eigenvalue weighted by Gasteiger charge is 2.33. The highest BCUT2D eigenvalue weighted by molar-refractivity contribution is 14.1. The zero-order chi connectivity index (χ0) is 12.3. The van der Waals surface area contributed by atoms with Gasteiger partial charge in [0, 0.05) is 18.3 Å². The fourth-order valence-electron chi connectivity index (χ4n) is 1.01. The third kappa shape index (κ3) is 3.04. The lowest BCUT2D eigenvalue weighted by molar-refractivity contribution is -0.276. The summed E-state index contributed by atoms with van der Waals surface area (Å²) in [6.07, 6.45) is -3.34. The summed E-state index contributed by atoms with van der Waals surface area (Å²) in [5, 5.41) is 0. The summed E-state index contributed by atoms with van der Waals surface area (Å²) in [5.74, 6) is -0.598. The van der Waals surface area contributed by atoms with E-state index in [1.165, 1.54) is 0 Å². The van der Waals surface area contributed by atoms with E-state index in [1.54, 1.807) is 22.6 Å². The van der Waals surface area contributed by atoms with E-state index in [1.807, 2.05) is 0 Å². The Morgan fingerprint density at radius 3 is 2.62 bits per heavy atom. The van der Waals surface area contributed by atoms with Gasteiger partial charge in [-0.2, -0.15) is 0 Å². The second-order valence-electron chi connectivity index (χ2n) is 2.68. The van der Waals surface area contributed by atoms with Crippen LogP contribution in [-0.2, 0) is 6.54 Å². The zero-order valence-electron chi connectivity index (χ0n) is 7.71. The standard InChI is InChI=1S/C8H6F3IN2O2/c9-8(10,11)16-7-6(12)5(1-13)4(3-15)2-14-7/h2-3H,1,13H2. The summed E-state index contributed by atoms with van der Waals surface area (Å²) in [4.78, 5) is 14.0. The lowest BCUT2D eigenvalue weighted by Gasteiger charge is -2.12. The fourth-order valence-corrected chi connectivity index (χ4v) is 1.79. The van der Waals surface area contributed by atoms with E-state index in [0.29, 0.717) is 6.29 Å². The molecule has 0 radical (unpaired) electrons. The highest BCUT2D eigenvalue weighted by atomic mass is 127. The Labute approximate surface area is 102 Å². The van der Waals surface area contributed by atoms with Crippen LogP contribution in [0.2, 0.25) is 0 Å². The Morgan fingerprint density at radius 2 is 2.19 bits per heavy atom. The summed E-state index contributed by atoms with van der Waals surface area (Å²) in [6.45, 7) is -0.0664. The van der Waals surface area contributed by atoms with E-state index in [9.17, 15) is 18.0 Å². The molecule has 2 N–H and O–H groups in total. The number of alkyl halides is 3. The van der Waals surface area contributed by atoms with Crippen LogP contribution in [-0.4, -0.2) is 17.6 Å². The predicted molar refractivity (Wildman–Crippen MR) is 56.9 cm³/mol. The first kappa shape index (κ1) is 13.2. The monoisotopic (exact) mass is 346 g/mol. The number of aldehydes is 1. The first-order valence-corrected chi connectivity index (χ1v) is 5.05. The zero-order valence-corrected chi connectivity index (χ0v) is 9.87. The molecule has 0 aliphatic carbocycles. The molecule has 1 aromatic rings. The summed E-state index contributed by atoms with van der Waals surface area (Å²) >= 11 is 1.60. The number of nitrogens with zero attached hydrogens (tertiary/aromatic N) is 1. The van der Waals surface area contributed by atoms with Gasteiger partial charge in [-0.25, -0.2) is 4.98 Å². The second-order valence-corrected chi connectivity index (χ2v) is 3.76. The Hall–Kier alpha value is -0.900. The molecule has 0 atom stereocenters. The normalized spacial score (nSPS) is 11.3. The summed E-state index contributed by atoms with van der Waals surface area (Å²) < 4.78 is 39.7. The molecule has 0 aliphatic rings. The topological polar surface area (TPSA) is 65.2 Å². The molecule has 1 aromatic heterocycles. The van der Waals surface area contributed by atoms with Gasteiger partial charge < -0.3 is 10.5 Å². The maximum absolute atomic E-state index is 12.0. The SMILES string of the molecule is NCc1c(C=O)cnc(OC(F)(F)F)c1I. The summed E-state index contributed by atoms with van der Waals surface area (Å²) in [7, 11) is 0. The molecule has 8 heteroatoms. The second kappa shape index (κ2) is 4.95. The third-order valence-corrected chi connectivity index (χ3v) is 2.78. The molecule has 0 fully saturated rings. The van der Waals surface area contributed by atoms with Crippen molar-refractivity contribution in [3.05, 3.63) is 20.9 Å². The van der Waals surface area contributed by atoms with Gasteiger partial charge in [-0.15, -0.1) is 13.2 Å². The molecular weight excluding hydrogens is 340 g/mol. The highest BCUT2D eigenvalue weighted by Crippen LogP contribution is 2.28. The van der Waals surface area contributed by atoms with Crippen LogP contribution in [0.3, 0.4) is 0 Å². The Morgan fingerprint density at radius 1 is 1.56 bits per heavy atom. The van der Waals surface area contributed by atoms with E-state index in [2.05, 4.69) is 9.72 Å². The maximum atomic E-state index is 12.0. The molecule has 0 aromatic carbocycles. The van der Waals surface area contributed by atoms with Crippen LogP contribution in [0.4, 0.5) is 13.2 Å². The first-order chi connectivity index (χ1) is 7.39. The molecular formula is C8H6F3IN2O2. The molecule has 0 spiro atoms. The van der Waals surface area contributed by atoms with E-state index < -0.39 is 12.2 Å². The Bertz CT molecular complexity index is 409. The number of hydrogen-bond acceptors (Lipinski definition) is 4. The van der Waals surface area contributed by atoms with Crippen molar-refractivity contribution in [2.45, 2.75) is 12.9 Å². The van der Waals surface area contributed by atoms with Gasteiger partial charge in [0.05, 0.1) is 3.57 Å². The fraction of sp³-hybridized carbons (Fsp3) is 0.250. The van der Waals surface area contributed by atoms with Crippen molar-refractivity contribution in [1.29, 1.82) is 0 Å². The molecule has 0 amide bonds. The van der Waals surface area contributed by atoms with Crippen molar-refractivity contribution in [2.24, 2.45) is 5.73 Å². The van der Waals surface area contributed by atoms with Gasteiger partial charge in [-0.05, 0) is 28.2 Å². The largest absolute Gasteiger partial charge is 0.574 e. The Balaban J connectivity index is 3.19. The van der Waals surface area contributed by atoms with E-state index in [4.69, 9.17) is 5.73 Å². The molecule has 1 heterocycles. The minimum atomic E-state index is -4.82. The quantitative estimate of drug-likeness (QED) is 0.670. The van der Waals surface area contributed by atoms with Crippen molar-refractivity contribution >= 4 is 28.9 Å². The van der Waals surface area contributed by atoms with Gasteiger partial charge in [-0.3, -0.25) is 4.79 Å². The van der Waals surface area contributed by atoms with Gasteiger partial charge in [0.15, 0.2) is 6.29 Å². The van der Waals surface area contributed by atoms with Crippen molar-refractivity contribution in [3.8, 4) is 5.88 Å². The van der Waals surface area contributed by atoms with E-state index in [0.717, 1.165) is 6.20 Å². The molecule has 0 saturated heterocycles. The maximum Gasteiger partial charge on any atom is 0.574 e. The number of pyridine rings is 1. The molecule has 16 heavy (non-hydrogen) atoms. The lowest BCUT2D eigenvalue weighted by atomic mass is 10.1. The molecule has 1 rings (SSSR count). The minimum absolute atomic E-state index is 0.0664. The van der Waals surface area contributed by atoms with Gasteiger partial charge in [0.1, 0.15) is 0 Å². The van der Waals surface area contributed by atoms with Gasteiger partial charge >= 0.3 is 6.36 Å². The third-order valence-electron chi connectivity index (χ3n) is 1.67. The number of aromatic nitrogens is 1. The van der Waals surface area contributed by atoms with Gasteiger partial charge in [-0.1, -0.05) is 0 Å². The van der Waals surface area contributed by atoms with Crippen LogP contribution >= 0.6 is 22.6 Å². The minimum Gasteiger partial charge on any atom is -0.387 e. The van der Waals surface area contributed by atoms with Crippen molar-refractivity contribution in [3.63, 3.8) is 0 Å². The number of carbonyl (C=O) groups is 1. The molecule has 0 bridgehead atoms. The first-order valence-electron chi connectivity index (χ1n) is 3.97. The molecule has 0 aliphatic heterocycles. The number of rotatable bonds is 3. The average Bonchev–Trinajstić information content (AvgIpc) is 2.19. The van der Waals surface area contributed by atoms with Crippen LogP contribution in [0.5, 0.6) is 5.88 Å². The van der Waals surface area contributed by atoms with E-state index >= 15 is 0 Å². The van der Waals surface area contributed by atoms with Gasteiger partial charge in [0.25, 0.3) is 0 Å². The van der Waals surface area contributed by atoms with Crippen LogP contribution < -0.4 is 10.5 Å². The Kier molecular flexibility index (Phi) is 4.08. The predicted octanol–water partition coefficient (Wildman–Crippen LogP) is 1.86. The van der Waals surface area contributed by atoms with Gasteiger partial charge in [0.2, 0.25) is 5.88 Å². The molecule has 0 saturated carbocycles. The number of nitrogens with two attached hydrogens (primary N) is 1. The average molecular weight is 346 g/mol. The van der Waals surface area contributed by atoms with Crippen molar-refractivity contribution < 1.29 is 22.7 Å². The molecule has 0 unspecified atom stereocenters. The smallest absolute Gasteiger partial charge is 0.387 e. The summed E-state index contributed by atoms with van der Waals surface area (Å²) in [5.41, 5.74) is 5.77. The van der Waals surface area contributed by atoms with Crippen LogP contribution in [0.15, 0.2) is 6.20 Å². The lowest BCUT2D eigenvalue weighted by Crippen LogP contribution is -2.20. The van der Waals surface area contributed by atoms with Crippen molar-refractivity contribution in [1.82, 2.24) is 4.98 Å². The number of carbonyl (C=O) groups excluding carboxylic acids is 1. The van der Waals surface area contributed by atoms with E-state index in [-0.39, 0.29) is 21.2 Å². The van der Waals surface area contributed by atoms with Crippen LogP contribution in [0, 0.1) is 3.57 Å². The summed E-state index contributed by atoms with van der Waals surface area (Å²) in [6, 6.07) is 0. The molecule has 4 nitrogen and oxygen atoms in total. The van der Waals surface area contributed by atoms with Crippen LogP contribution in [0.1, 0.15) is 15.9 Å². The number of halogens is 4. The van der Waals surface area contributed by atoms with Crippen LogP contribution in [0.25, 0.3) is 0 Å². The van der Waals surface area contributed by atoms with Crippen molar-refractivity contribution in [2.75, 3.05) is 0 Å².